The molecule has 0 radical (unpaired) electrons. The fourth-order valence-corrected chi connectivity index (χ4v) is 3.33. The van der Waals surface area contributed by atoms with E-state index in [-0.39, 0.29) is 5.78 Å². The number of carbonyl (C=O) groups excluding carboxylic acids is 1. The average Bonchev–Trinajstić information content (AvgIpc) is 2.57. The molecule has 0 atom stereocenters. The first-order chi connectivity index (χ1) is 11.1. The molecule has 2 aromatic rings. The van der Waals surface area contributed by atoms with Crippen LogP contribution in [0.15, 0.2) is 48.5 Å². The molecule has 120 valence electrons. The van der Waals surface area contributed by atoms with Crippen LogP contribution in [-0.4, -0.2) is 43.4 Å². The van der Waals surface area contributed by atoms with Gasteiger partial charge < -0.3 is 4.90 Å². The van der Waals surface area contributed by atoms with E-state index < -0.39 is 0 Å². The van der Waals surface area contributed by atoms with Crippen molar-refractivity contribution in [2.24, 2.45) is 0 Å². The lowest BCUT2D eigenvalue weighted by molar-refractivity contribution is 0.0926. The van der Waals surface area contributed by atoms with Gasteiger partial charge in [-0.05, 0) is 18.2 Å². The number of piperazine rings is 1. The van der Waals surface area contributed by atoms with E-state index in [9.17, 15) is 4.79 Å². The summed E-state index contributed by atoms with van der Waals surface area (Å²) in [6.45, 7) is 3.86. The number of anilines is 1. The van der Waals surface area contributed by atoms with E-state index in [1.807, 2.05) is 42.5 Å². The minimum Gasteiger partial charge on any atom is -0.368 e. The lowest BCUT2D eigenvalue weighted by atomic mass is 10.1. The Morgan fingerprint density at radius 1 is 0.957 bits per heavy atom. The van der Waals surface area contributed by atoms with Crippen LogP contribution in [0.1, 0.15) is 10.4 Å². The number of hydrogen-bond acceptors (Lipinski definition) is 3. The summed E-state index contributed by atoms with van der Waals surface area (Å²) in [5.41, 5.74) is 1.78. The molecule has 0 saturated carbocycles. The number of Topliss-reactive ketones (excluding diaryl/α,β-unsaturated/α-hetero) is 1. The van der Waals surface area contributed by atoms with E-state index in [4.69, 9.17) is 23.2 Å². The van der Waals surface area contributed by atoms with Crippen LogP contribution >= 0.6 is 23.2 Å². The summed E-state index contributed by atoms with van der Waals surface area (Å²) >= 11 is 12.2. The number of benzene rings is 2. The number of carbonyl (C=O) groups is 1. The van der Waals surface area contributed by atoms with Gasteiger partial charge in [-0.15, -0.1) is 0 Å². The molecule has 3 nitrogen and oxygen atoms in total. The third-order valence-corrected chi connectivity index (χ3v) is 4.62. The van der Waals surface area contributed by atoms with Gasteiger partial charge in [-0.3, -0.25) is 9.69 Å². The fraction of sp³-hybridized carbons (Fsp3) is 0.278. The number of hydrogen-bond donors (Lipinski definition) is 0. The minimum atomic E-state index is 0.170. The summed E-state index contributed by atoms with van der Waals surface area (Å²) < 4.78 is 0. The molecule has 1 fully saturated rings. The third kappa shape index (κ3) is 4.05. The zero-order valence-electron chi connectivity index (χ0n) is 12.7. The van der Waals surface area contributed by atoms with Crippen LogP contribution in [0.5, 0.6) is 0 Å². The van der Waals surface area contributed by atoms with Gasteiger partial charge in [0.05, 0.1) is 17.3 Å². The van der Waals surface area contributed by atoms with Crippen molar-refractivity contribution in [2.75, 3.05) is 37.6 Å². The number of nitrogens with zero attached hydrogens (tertiary/aromatic N) is 2. The van der Waals surface area contributed by atoms with Gasteiger partial charge in [0.2, 0.25) is 0 Å². The molecular formula is C18H18Cl2N2O. The molecule has 1 saturated heterocycles. The molecule has 0 aliphatic carbocycles. The molecule has 0 amide bonds. The highest BCUT2D eigenvalue weighted by Crippen LogP contribution is 2.29. The lowest BCUT2D eigenvalue weighted by Crippen LogP contribution is -2.48. The average molecular weight is 349 g/mol. The van der Waals surface area contributed by atoms with Gasteiger partial charge in [0.15, 0.2) is 5.78 Å². The molecule has 2 aromatic carbocycles. The van der Waals surface area contributed by atoms with Gasteiger partial charge in [0, 0.05) is 36.8 Å². The van der Waals surface area contributed by atoms with Gasteiger partial charge in [-0.25, -0.2) is 0 Å². The summed E-state index contributed by atoms with van der Waals surface area (Å²) in [6.07, 6.45) is 0. The Labute approximate surface area is 146 Å². The first-order valence-electron chi connectivity index (χ1n) is 7.64. The van der Waals surface area contributed by atoms with Crippen molar-refractivity contribution in [1.82, 2.24) is 4.90 Å². The maximum absolute atomic E-state index is 12.3. The molecule has 0 unspecified atom stereocenters. The predicted octanol–water partition coefficient (Wildman–Crippen LogP) is 4.00. The van der Waals surface area contributed by atoms with Crippen LogP contribution in [0.2, 0.25) is 10.0 Å². The molecule has 0 spiro atoms. The summed E-state index contributed by atoms with van der Waals surface area (Å²) in [7, 11) is 0. The Morgan fingerprint density at radius 3 is 2.30 bits per heavy atom. The molecule has 1 aliphatic rings. The SMILES string of the molecule is O=C(CN1CCN(c2ccc(Cl)cc2Cl)CC1)c1ccccc1. The second kappa shape index (κ2) is 7.35. The van der Waals surface area contributed by atoms with Crippen molar-refractivity contribution in [2.45, 2.75) is 0 Å². The first kappa shape index (κ1) is 16.3. The van der Waals surface area contributed by atoms with Crippen LogP contribution < -0.4 is 4.90 Å². The van der Waals surface area contributed by atoms with Crippen molar-refractivity contribution in [3.8, 4) is 0 Å². The number of ketones is 1. The molecule has 1 heterocycles. The maximum Gasteiger partial charge on any atom is 0.176 e. The van der Waals surface area contributed by atoms with E-state index in [0.29, 0.717) is 16.6 Å². The monoisotopic (exact) mass is 348 g/mol. The van der Waals surface area contributed by atoms with E-state index in [2.05, 4.69) is 9.80 Å². The smallest absolute Gasteiger partial charge is 0.176 e. The topological polar surface area (TPSA) is 23.6 Å². The largest absolute Gasteiger partial charge is 0.368 e. The summed E-state index contributed by atoms with van der Waals surface area (Å²) in [6, 6.07) is 15.0. The molecule has 0 N–H and O–H groups in total. The van der Waals surface area contributed by atoms with Crippen LogP contribution in [0.25, 0.3) is 0 Å². The van der Waals surface area contributed by atoms with Crippen LogP contribution in [-0.2, 0) is 0 Å². The third-order valence-electron chi connectivity index (χ3n) is 4.09. The van der Waals surface area contributed by atoms with Gasteiger partial charge in [-0.1, -0.05) is 53.5 Å². The summed E-state index contributed by atoms with van der Waals surface area (Å²) in [4.78, 5) is 16.7. The summed E-state index contributed by atoms with van der Waals surface area (Å²) in [5.74, 6) is 0.170. The fourth-order valence-electron chi connectivity index (χ4n) is 2.80. The van der Waals surface area contributed by atoms with Crippen molar-refractivity contribution in [1.29, 1.82) is 0 Å². The van der Waals surface area contributed by atoms with Gasteiger partial charge in [0.1, 0.15) is 0 Å². The highest BCUT2D eigenvalue weighted by atomic mass is 35.5. The van der Waals surface area contributed by atoms with E-state index in [0.717, 1.165) is 37.4 Å². The summed E-state index contributed by atoms with van der Waals surface area (Å²) in [5, 5.41) is 1.32. The zero-order valence-corrected chi connectivity index (χ0v) is 14.2. The van der Waals surface area contributed by atoms with Crippen molar-refractivity contribution < 1.29 is 4.79 Å². The van der Waals surface area contributed by atoms with Crippen LogP contribution in [0.3, 0.4) is 0 Å². The normalized spacial score (nSPS) is 15.7. The Kier molecular flexibility index (Phi) is 5.21. The standard InChI is InChI=1S/C18H18Cl2N2O/c19-15-6-7-17(16(20)12-15)22-10-8-21(9-11-22)13-18(23)14-4-2-1-3-5-14/h1-7,12H,8-11,13H2. The molecule has 0 aromatic heterocycles. The highest BCUT2D eigenvalue weighted by Gasteiger charge is 2.21. The minimum absolute atomic E-state index is 0.170. The van der Waals surface area contributed by atoms with E-state index in [1.165, 1.54) is 0 Å². The quantitative estimate of drug-likeness (QED) is 0.780. The Balaban J connectivity index is 1.57. The van der Waals surface area contributed by atoms with Gasteiger partial charge >= 0.3 is 0 Å². The molecule has 3 rings (SSSR count). The zero-order chi connectivity index (χ0) is 16.2. The van der Waals surface area contributed by atoms with Gasteiger partial charge in [0.25, 0.3) is 0 Å². The predicted molar refractivity (Wildman–Crippen MR) is 95.9 cm³/mol. The van der Waals surface area contributed by atoms with E-state index >= 15 is 0 Å². The molecule has 23 heavy (non-hydrogen) atoms. The highest BCUT2D eigenvalue weighted by molar-refractivity contribution is 6.36. The molecule has 0 bridgehead atoms. The van der Waals surface area contributed by atoms with Crippen molar-refractivity contribution >= 4 is 34.7 Å². The van der Waals surface area contributed by atoms with Crippen molar-refractivity contribution in [3.63, 3.8) is 0 Å². The van der Waals surface area contributed by atoms with Crippen molar-refractivity contribution in [3.05, 3.63) is 64.1 Å². The van der Waals surface area contributed by atoms with Gasteiger partial charge in [-0.2, -0.15) is 0 Å². The second-order valence-corrected chi connectivity index (χ2v) is 6.49. The molecular weight excluding hydrogens is 331 g/mol. The maximum atomic E-state index is 12.3. The van der Waals surface area contributed by atoms with Crippen LogP contribution in [0, 0.1) is 0 Å². The first-order valence-corrected chi connectivity index (χ1v) is 8.40. The number of rotatable bonds is 4. The Morgan fingerprint density at radius 2 is 1.65 bits per heavy atom. The Bertz CT molecular complexity index is 683. The Hall–Kier alpha value is -1.55. The number of halogens is 2. The molecule has 1 aliphatic heterocycles. The van der Waals surface area contributed by atoms with Crippen LogP contribution in [0.4, 0.5) is 5.69 Å². The lowest BCUT2D eigenvalue weighted by Gasteiger charge is -2.36. The van der Waals surface area contributed by atoms with E-state index in [1.54, 1.807) is 6.07 Å². The molecule has 5 heteroatoms. The second-order valence-electron chi connectivity index (χ2n) is 5.65.